The maximum Gasteiger partial charge on any atom is 0.0381 e. The Labute approximate surface area is 109 Å². The van der Waals surface area contributed by atoms with Crippen LogP contribution in [0.5, 0.6) is 0 Å². The number of nitrogens with one attached hydrogen (secondary N) is 1. The van der Waals surface area contributed by atoms with Crippen molar-refractivity contribution in [3.63, 3.8) is 0 Å². The molecule has 0 aliphatic rings. The molecule has 0 fully saturated rings. The summed E-state index contributed by atoms with van der Waals surface area (Å²) in [6.45, 7) is 3.10. The number of thiophene rings is 1. The van der Waals surface area contributed by atoms with Gasteiger partial charge in [-0.25, -0.2) is 0 Å². The van der Waals surface area contributed by atoms with Crippen LogP contribution in [0.2, 0.25) is 0 Å². The molecule has 3 heteroatoms. The lowest BCUT2D eigenvalue weighted by molar-refractivity contribution is 1.02. The average molecular weight is 296 g/mol. The van der Waals surface area contributed by atoms with E-state index in [9.17, 15) is 0 Å². The van der Waals surface area contributed by atoms with Crippen LogP contribution in [-0.2, 0) is 6.42 Å². The van der Waals surface area contributed by atoms with E-state index in [1.54, 1.807) is 11.3 Å². The molecule has 0 saturated heterocycles. The first-order chi connectivity index (χ1) is 7.77. The van der Waals surface area contributed by atoms with Crippen LogP contribution in [0.1, 0.15) is 11.1 Å². The van der Waals surface area contributed by atoms with E-state index >= 15 is 0 Å². The maximum atomic E-state index is 3.54. The van der Waals surface area contributed by atoms with Gasteiger partial charge in [0.1, 0.15) is 0 Å². The first-order valence-electron chi connectivity index (χ1n) is 5.27. The van der Waals surface area contributed by atoms with Gasteiger partial charge in [0.05, 0.1) is 0 Å². The van der Waals surface area contributed by atoms with Crippen LogP contribution in [0.15, 0.2) is 39.5 Å². The Kier molecular flexibility index (Phi) is 4.02. The average Bonchev–Trinajstić information content (AvgIpc) is 2.77. The fourth-order valence-corrected chi connectivity index (χ4v) is 2.64. The highest BCUT2D eigenvalue weighted by Gasteiger charge is 2.00. The van der Waals surface area contributed by atoms with E-state index in [0.29, 0.717) is 0 Å². The summed E-state index contributed by atoms with van der Waals surface area (Å²) < 4.78 is 1.16. The standard InChI is InChI=1S/C13H14BrNS/c1-10-12(14)3-2-4-13(10)15-7-5-11-6-8-16-9-11/h2-4,6,8-9,15H,5,7H2,1H3. The molecule has 0 aliphatic heterocycles. The van der Waals surface area contributed by atoms with E-state index in [-0.39, 0.29) is 0 Å². The van der Waals surface area contributed by atoms with Crippen molar-refractivity contribution in [2.75, 3.05) is 11.9 Å². The predicted octanol–water partition coefficient (Wildman–Crippen LogP) is 4.47. The second-order valence-electron chi connectivity index (χ2n) is 3.72. The zero-order valence-electron chi connectivity index (χ0n) is 9.16. The highest BCUT2D eigenvalue weighted by Crippen LogP contribution is 2.23. The van der Waals surface area contributed by atoms with Crippen molar-refractivity contribution in [2.45, 2.75) is 13.3 Å². The fraction of sp³-hybridized carbons (Fsp3) is 0.231. The van der Waals surface area contributed by atoms with Crippen molar-refractivity contribution in [3.8, 4) is 0 Å². The van der Waals surface area contributed by atoms with Crippen LogP contribution in [0.25, 0.3) is 0 Å². The van der Waals surface area contributed by atoms with Crippen molar-refractivity contribution in [2.24, 2.45) is 0 Å². The van der Waals surface area contributed by atoms with Gasteiger partial charge in [0.2, 0.25) is 0 Å². The molecule has 0 radical (unpaired) electrons. The lowest BCUT2D eigenvalue weighted by Gasteiger charge is -2.10. The van der Waals surface area contributed by atoms with Crippen LogP contribution in [0, 0.1) is 6.92 Å². The summed E-state index contributed by atoms with van der Waals surface area (Å²) in [5.74, 6) is 0. The summed E-state index contributed by atoms with van der Waals surface area (Å²) in [7, 11) is 0. The second kappa shape index (κ2) is 5.51. The maximum absolute atomic E-state index is 3.54. The number of benzene rings is 1. The molecule has 16 heavy (non-hydrogen) atoms. The Morgan fingerprint density at radius 2 is 2.19 bits per heavy atom. The summed E-state index contributed by atoms with van der Waals surface area (Å²) in [6, 6.07) is 8.43. The lowest BCUT2D eigenvalue weighted by atomic mass is 10.2. The topological polar surface area (TPSA) is 12.0 Å². The zero-order valence-corrected chi connectivity index (χ0v) is 11.6. The third-order valence-electron chi connectivity index (χ3n) is 2.58. The molecule has 0 spiro atoms. The molecule has 2 rings (SSSR count). The van der Waals surface area contributed by atoms with E-state index in [1.165, 1.54) is 16.8 Å². The Morgan fingerprint density at radius 3 is 2.94 bits per heavy atom. The molecule has 0 saturated carbocycles. The van der Waals surface area contributed by atoms with Crippen molar-refractivity contribution >= 4 is 33.0 Å². The number of rotatable bonds is 4. The fourth-order valence-electron chi connectivity index (χ4n) is 1.58. The molecular weight excluding hydrogens is 282 g/mol. The van der Waals surface area contributed by atoms with Crippen LogP contribution in [0.4, 0.5) is 5.69 Å². The van der Waals surface area contributed by atoms with E-state index in [2.05, 4.69) is 63.2 Å². The molecule has 0 amide bonds. The number of anilines is 1. The first kappa shape index (κ1) is 11.7. The minimum atomic E-state index is 0.980. The van der Waals surface area contributed by atoms with Crippen LogP contribution in [-0.4, -0.2) is 6.54 Å². The Morgan fingerprint density at radius 1 is 1.31 bits per heavy atom. The summed E-state index contributed by atoms with van der Waals surface area (Å²) in [6.07, 6.45) is 1.08. The van der Waals surface area contributed by atoms with Gasteiger partial charge in [-0.3, -0.25) is 0 Å². The number of hydrogen-bond donors (Lipinski definition) is 1. The molecule has 84 valence electrons. The third kappa shape index (κ3) is 2.86. The van der Waals surface area contributed by atoms with Crippen molar-refractivity contribution in [1.82, 2.24) is 0 Å². The van der Waals surface area contributed by atoms with Gasteiger partial charge in [0, 0.05) is 16.7 Å². The van der Waals surface area contributed by atoms with Crippen molar-refractivity contribution in [3.05, 3.63) is 50.6 Å². The number of halogens is 1. The molecule has 0 bridgehead atoms. The molecule has 0 atom stereocenters. The molecule has 1 N–H and O–H groups in total. The molecule has 2 aromatic rings. The Hall–Kier alpha value is -0.800. The van der Waals surface area contributed by atoms with E-state index in [4.69, 9.17) is 0 Å². The molecule has 0 unspecified atom stereocenters. The van der Waals surface area contributed by atoms with E-state index < -0.39 is 0 Å². The van der Waals surface area contributed by atoms with Gasteiger partial charge in [-0.15, -0.1) is 0 Å². The quantitative estimate of drug-likeness (QED) is 0.877. The van der Waals surface area contributed by atoms with Gasteiger partial charge >= 0.3 is 0 Å². The van der Waals surface area contributed by atoms with Gasteiger partial charge in [0.25, 0.3) is 0 Å². The van der Waals surface area contributed by atoms with Gasteiger partial charge in [-0.05, 0) is 53.4 Å². The minimum absolute atomic E-state index is 0.980. The molecule has 1 heterocycles. The molecule has 1 aromatic carbocycles. The normalized spacial score (nSPS) is 10.4. The SMILES string of the molecule is Cc1c(Br)cccc1NCCc1ccsc1. The number of hydrogen-bond acceptors (Lipinski definition) is 2. The highest BCUT2D eigenvalue weighted by atomic mass is 79.9. The monoisotopic (exact) mass is 295 g/mol. The lowest BCUT2D eigenvalue weighted by Crippen LogP contribution is -2.05. The van der Waals surface area contributed by atoms with Crippen LogP contribution in [0.3, 0.4) is 0 Å². The summed E-state index contributed by atoms with van der Waals surface area (Å²) in [5.41, 5.74) is 3.89. The molecule has 1 nitrogen and oxygen atoms in total. The third-order valence-corrected chi connectivity index (χ3v) is 4.17. The smallest absolute Gasteiger partial charge is 0.0381 e. The molecule has 0 aliphatic carbocycles. The zero-order chi connectivity index (χ0) is 11.4. The van der Waals surface area contributed by atoms with E-state index in [0.717, 1.165) is 17.4 Å². The van der Waals surface area contributed by atoms with Crippen molar-refractivity contribution in [1.29, 1.82) is 0 Å². The van der Waals surface area contributed by atoms with Gasteiger partial charge in [-0.2, -0.15) is 11.3 Å². The molecular formula is C13H14BrNS. The van der Waals surface area contributed by atoms with Gasteiger partial charge in [-0.1, -0.05) is 22.0 Å². The summed E-state index contributed by atoms with van der Waals surface area (Å²) in [4.78, 5) is 0. The Bertz CT molecular complexity index is 451. The minimum Gasteiger partial charge on any atom is -0.384 e. The molecule has 1 aromatic heterocycles. The summed E-state index contributed by atoms with van der Waals surface area (Å²) in [5, 5.41) is 7.80. The first-order valence-corrected chi connectivity index (χ1v) is 7.01. The van der Waals surface area contributed by atoms with Gasteiger partial charge < -0.3 is 5.32 Å². The highest BCUT2D eigenvalue weighted by molar-refractivity contribution is 9.10. The van der Waals surface area contributed by atoms with E-state index in [1.807, 2.05) is 0 Å². The summed E-state index contributed by atoms with van der Waals surface area (Å²) >= 11 is 5.29. The van der Waals surface area contributed by atoms with Gasteiger partial charge in [0.15, 0.2) is 0 Å². The second-order valence-corrected chi connectivity index (χ2v) is 5.36. The predicted molar refractivity (Wildman–Crippen MR) is 75.4 cm³/mol. The van der Waals surface area contributed by atoms with Crippen LogP contribution < -0.4 is 5.32 Å². The Balaban J connectivity index is 1.92. The van der Waals surface area contributed by atoms with Crippen LogP contribution >= 0.6 is 27.3 Å². The largest absolute Gasteiger partial charge is 0.384 e. The van der Waals surface area contributed by atoms with Crippen molar-refractivity contribution < 1.29 is 0 Å².